The molecule has 3 aromatic rings. The second-order valence-corrected chi connectivity index (χ2v) is 5.95. The van der Waals surface area contributed by atoms with Crippen LogP contribution in [0.25, 0.3) is 11.5 Å². The Morgan fingerprint density at radius 1 is 1.08 bits per heavy atom. The molecule has 4 rings (SSSR count). The molecule has 3 aromatic heterocycles. The summed E-state index contributed by atoms with van der Waals surface area (Å²) in [6.07, 6.45) is 3.70. The van der Waals surface area contributed by atoms with Crippen molar-refractivity contribution in [2.75, 3.05) is 18.0 Å². The van der Waals surface area contributed by atoms with E-state index in [-0.39, 0.29) is 0 Å². The van der Waals surface area contributed by atoms with Crippen molar-refractivity contribution in [3.63, 3.8) is 0 Å². The summed E-state index contributed by atoms with van der Waals surface area (Å²) in [4.78, 5) is 15.5. The maximum absolute atomic E-state index is 5.31. The quantitative estimate of drug-likeness (QED) is 0.724. The van der Waals surface area contributed by atoms with Crippen molar-refractivity contribution in [1.82, 2.24) is 25.3 Å². The first-order valence-electron chi connectivity index (χ1n) is 8.01. The summed E-state index contributed by atoms with van der Waals surface area (Å²) < 4.78 is 10.4. The summed E-state index contributed by atoms with van der Waals surface area (Å²) in [6.45, 7) is 5.37. The molecule has 8 nitrogen and oxygen atoms in total. The lowest BCUT2D eigenvalue weighted by Crippen LogP contribution is -2.34. The number of hydrogen-bond donors (Lipinski definition) is 0. The van der Waals surface area contributed by atoms with Crippen LogP contribution >= 0.6 is 0 Å². The third kappa shape index (κ3) is 2.75. The maximum Gasteiger partial charge on any atom is 0.261 e. The van der Waals surface area contributed by atoms with Crippen LogP contribution in [-0.4, -0.2) is 38.4 Å². The first kappa shape index (κ1) is 14.8. The van der Waals surface area contributed by atoms with Crippen LogP contribution in [0.3, 0.4) is 0 Å². The molecule has 1 fully saturated rings. The van der Waals surface area contributed by atoms with Gasteiger partial charge in [0.15, 0.2) is 11.6 Å². The van der Waals surface area contributed by atoms with Gasteiger partial charge in [0.25, 0.3) is 5.89 Å². The monoisotopic (exact) mass is 326 g/mol. The molecule has 1 saturated heterocycles. The number of aryl methyl sites for hydroxylation is 2. The van der Waals surface area contributed by atoms with Crippen molar-refractivity contribution in [1.29, 1.82) is 0 Å². The molecular formula is C16H18N6O2. The maximum atomic E-state index is 5.31. The van der Waals surface area contributed by atoms with Gasteiger partial charge in [0, 0.05) is 32.1 Å². The Kier molecular flexibility index (Phi) is 3.72. The molecule has 0 saturated carbocycles. The third-order valence-electron chi connectivity index (χ3n) is 4.25. The number of pyridine rings is 1. The van der Waals surface area contributed by atoms with Gasteiger partial charge in [0.05, 0.1) is 5.56 Å². The fourth-order valence-corrected chi connectivity index (χ4v) is 3.05. The van der Waals surface area contributed by atoms with E-state index in [1.807, 2.05) is 19.1 Å². The number of rotatable bonds is 3. The second-order valence-electron chi connectivity index (χ2n) is 5.95. The molecule has 4 heterocycles. The van der Waals surface area contributed by atoms with Crippen molar-refractivity contribution in [2.24, 2.45) is 0 Å². The standard InChI is InChI=1S/C16H18N6O2/c1-10-18-16(24-20-10)13-4-3-7-17-15(13)22-8-5-12(6-9-22)14-19-11(2)23-21-14/h3-4,7,12H,5-6,8-9H2,1-2H3. The molecule has 124 valence electrons. The van der Waals surface area contributed by atoms with Crippen molar-refractivity contribution < 1.29 is 9.05 Å². The largest absolute Gasteiger partial charge is 0.356 e. The predicted octanol–water partition coefficient (Wildman–Crippen LogP) is 2.52. The van der Waals surface area contributed by atoms with Crippen LogP contribution in [0.15, 0.2) is 27.4 Å². The van der Waals surface area contributed by atoms with E-state index >= 15 is 0 Å². The molecule has 0 N–H and O–H groups in total. The van der Waals surface area contributed by atoms with Gasteiger partial charge in [-0.25, -0.2) is 4.98 Å². The highest BCUT2D eigenvalue weighted by atomic mass is 16.5. The Morgan fingerprint density at radius 2 is 1.92 bits per heavy atom. The zero-order chi connectivity index (χ0) is 16.5. The number of nitrogens with zero attached hydrogens (tertiary/aromatic N) is 6. The van der Waals surface area contributed by atoms with E-state index in [4.69, 9.17) is 9.05 Å². The van der Waals surface area contributed by atoms with E-state index in [1.165, 1.54) is 0 Å². The minimum absolute atomic E-state index is 0.330. The summed E-state index contributed by atoms with van der Waals surface area (Å²) >= 11 is 0. The van der Waals surface area contributed by atoms with Gasteiger partial charge >= 0.3 is 0 Å². The Hall–Kier alpha value is -2.77. The molecule has 0 radical (unpaired) electrons. The summed E-state index contributed by atoms with van der Waals surface area (Å²) in [5.41, 5.74) is 0.868. The lowest BCUT2D eigenvalue weighted by Gasteiger charge is -2.32. The molecule has 24 heavy (non-hydrogen) atoms. The first-order valence-corrected chi connectivity index (χ1v) is 8.01. The van der Waals surface area contributed by atoms with Crippen LogP contribution in [0, 0.1) is 13.8 Å². The second kappa shape index (κ2) is 6.03. The number of anilines is 1. The fourth-order valence-electron chi connectivity index (χ4n) is 3.05. The highest BCUT2D eigenvalue weighted by Gasteiger charge is 2.27. The van der Waals surface area contributed by atoms with Crippen LogP contribution in [-0.2, 0) is 0 Å². The molecule has 8 heteroatoms. The number of piperidine rings is 1. The Labute approximate surface area is 138 Å². The summed E-state index contributed by atoms with van der Waals surface area (Å²) in [6, 6.07) is 3.84. The average Bonchev–Trinajstić information content (AvgIpc) is 3.24. The molecule has 0 amide bonds. The van der Waals surface area contributed by atoms with E-state index in [0.717, 1.165) is 43.1 Å². The van der Waals surface area contributed by atoms with E-state index < -0.39 is 0 Å². The van der Waals surface area contributed by atoms with Gasteiger partial charge in [0.2, 0.25) is 5.89 Å². The molecule has 0 bridgehead atoms. The zero-order valence-corrected chi connectivity index (χ0v) is 13.6. The van der Waals surface area contributed by atoms with Gasteiger partial charge in [-0.2, -0.15) is 9.97 Å². The van der Waals surface area contributed by atoms with Crippen LogP contribution in [0.4, 0.5) is 5.82 Å². The molecule has 0 aliphatic carbocycles. The topological polar surface area (TPSA) is 94.0 Å². The van der Waals surface area contributed by atoms with Gasteiger partial charge in [-0.05, 0) is 31.9 Å². The highest BCUT2D eigenvalue weighted by Crippen LogP contribution is 2.32. The Balaban J connectivity index is 1.54. The molecule has 0 atom stereocenters. The van der Waals surface area contributed by atoms with E-state index in [0.29, 0.717) is 23.5 Å². The number of aromatic nitrogens is 5. The molecule has 1 aliphatic rings. The number of hydrogen-bond acceptors (Lipinski definition) is 8. The van der Waals surface area contributed by atoms with Crippen molar-refractivity contribution in [3.8, 4) is 11.5 Å². The van der Waals surface area contributed by atoms with Gasteiger partial charge in [-0.3, -0.25) is 0 Å². The lowest BCUT2D eigenvalue weighted by molar-refractivity contribution is 0.375. The molecule has 0 unspecified atom stereocenters. The van der Waals surface area contributed by atoms with Gasteiger partial charge in [0.1, 0.15) is 5.82 Å². The summed E-state index contributed by atoms with van der Waals surface area (Å²) in [5.74, 6) is 3.75. The van der Waals surface area contributed by atoms with Gasteiger partial charge in [-0.15, -0.1) is 0 Å². The normalized spacial score (nSPS) is 15.8. The van der Waals surface area contributed by atoms with Crippen LogP contribution in [0.1, 0.15) is 36.3 Å². The zero-order valence-electron chi connectivity index (χ0n) is 13.6. The van der Waals surface area contributed by atoms with Gasteiger partial charge < -0.3 is 13.9 Å². The first-order chi connectivity index (χ1) is 11.7. The van der Waals surface area contributed by atoms with Crippen LogP contribution in [0.2, 0.25) is 0 Å². The Bertz CT molecular complexity index is 834. The molecule has 0 aromatic carbocycles. The molecular weight excluding hydrogens is 308 g/mol. The van der Waals surface area contributed by atoms with Gasteiger partial charge in [-0.1, -0.05) is 10.3 Å². The van der Waals surface area contributed by atoms with E-state index in [2.05, 4.69) is 30.2 Å². The molecule has 0 spiro atoms. The average molecular weight is 326 g/mol. The van der Waals surface area contributed by atoms with E-state index in [1.54, 1.807) is 13.1 Å². The van der Waals surface area contributed by atoms with Crippen molar-refractivity contribution in [3.05, 3.63) is 35.9 Å². The lowest BCUT2D eigenvalue weighted by atomic mass is 9.96. The Morgan fingerprint density at radius 3 is 2.58 bits per heavy atom. The van der Waals surface area contributed by atoms with Crippen LogP contribution < -0.4 is 4.90 Å². The summed E-state index contributed by atoms with van der Waals surface area (Å²) in [5, 5.41) is 7.93. The minimum atomic E-state index is 0.330. The SMILES string of the molecule is Cc1noc(-c2cccnc2N2CCC(c3noc(C)n3)CC2)n1. The predicted molar refractivity (Wildman–Crippen MR) is 85.5 cm³/mol. The fraction of sp³-hybridized carbons (Fsp3) is 0.438. The third-order valence-corrected chi connectivity index (χ3v) is 4.25. The minimum Gasteiger partial charge on any atom is -0.356 e. The van der Waals surface area contributed by atoms with E-state index in [9.17, 15) is 0 Å². The van der Waals surface area contributed by atoms with Crippen molar-refractivity contribution in [2.45, 2.75) is 32.6 Å². The summed E-state index contributed by atoms with van der Waals surface area (Å²) in [7, 11) is 0. The van der Waals surface area contributed by atoms with Crippen molar-refractivity contribution >= 4 is 5.82 Å². The van der Waals surface area contributed by atoms with Crippen LogP contribution in [0.5, 0.6) is 0 Å². The highest BCUT2D eigenvalue weighted by molar-refractivity contribution is 5.69. The smallest absolute Gasteiger partial charge is 0.261 e. The molecule has 1 aliphatic heterocycles.